The molecule has 554 valence electrons. The lowest BCUT2D eigenvalue weighted by Crippen LogP contribution is -2.36. The predicted octanol–water partition coefficient (Wildman–Crippen LogP) is 13.0. The lowest BCUT2D eigenvalue weighted by atomic mass is 9.84. The van der Waals surface area contributed by atoms with E-state index in [0.717, 1.165) is 113 Å². The van der Waals surface area contributed by atoms with E-state index in [2.05, 4.69) is 107 Å². The summed E-state index contributed by atoms with van der Waals surface area (Å²) >= 11 is 6.49. The molecule has 13 atom stereocenters. The van der Waals surface area contributed by atoms with Crippen LogP contribution in [-0.4, -0.2) is 127 Å². The number of aromatic nitrogens is 11. The summed E-state index contributed by atoms with van der Waals surface area (Å²) < 4.78 is 19.5. The highest BCUT2D eigenvalue weighted by Gasteiger charge is 2.56. The van der Waals surface area contributed by atoms with Gasteiger partial charge in [-0.15, -0.1) is 45.3 Å². The second-order valence-electron chi connectivity index (χ2n) is 29.6. The van der Waals surface area contributed by atoms with Gasteiger partial charge >= 0.3 is 0 Å². The first kappa shape index (κ1) is 72.0. The second-order valence-corrected chi connectivity index (χ2v) is 33.6. The van der Waals surface area contributed by atoms with Gasteiger partial charge in [0.25, 0.3) is 11.4 Å². The van der Waals surface area contributed by atoms with Gasteiger partial charge in [0, 0.05) is 82.8 Å². The zero-order chi connectivity index (χ0) is 73.9. The van der Waals surface area contributed by atoms with Crippen molar-refractivity contribution in [2.24, 2.45) is 41.4 Å². The number of benzene rings is 3. The van der Waals surface area contributed by atoms with Crippen molar-refractivity contribution < 1.29 is 44.7 Å². The molecule has 12 aromatic rings. The highest BCUT2D eigenvalue weighted by atomic mass is 32.1. The third-order valence-corrected chi connectivity index (χ3v) is 26.7. The van der Waals surface area contributed by atoms with Crippen LogP contribution >= 0.6 is 45.3 Å². The van der Waals surface area contributed by atoms with E-state index < -0.39 is 18.0 Å². The standard InChI is InChI=1S/C79H89N17O7S4/c1-40-27-54(104-39-40)35-82-78-85-44(5)63(73-89-56-21-9-10-22-60(56)105-73)70(93-78)87-58-30-50(37-98)55(43(58)4)28-47-17-15-23-61-66(47)90-74(106-61)65-46(7)84-77(81-34-53-20-12-14-26-96(53)101)94-72(65)88-59-31-51(38-99)68-69(59)103-79(8,102-68)32-48-18-16-24-62-67(48)91-75(107-62)64-45(6)83-76(80-33-52-19-11-13-25-95(52)100)92-71(64)86-57-29-49(36-97)41(2)42(57)3/h9-27,39,41-43,49-51,55,57-59,68-69,97-101H,28-38H2,1-8H3,(H2,80,83,86,92)(H2,81,84,88,94)(H2,82,85,87,93)/q+2. The van der Waals surface area contributed by atoms with Crippen LogP contribution < -0.4 is 41.4 Å². The fourth-order valence-corrected chi connectivity index (χ4v) is 20.7. The largest absolute Gasteiger partial charge is 0.396 e. The van der Waals surface area contributed by atoms with Crippen molar-refractivity contribution in [2.45, 2.75) is 143 Å². The van der Waals surface area contributed by atoms with Gasteiger partial charge in [0.15, 0.2) is 5.79 Å². The molecule has 1 aliphatic heterocycles. The lowest BCUT2D eigenvalue weighted by Gasteiger charge is -2.28. The van der Waals surface area contributed by atoms with Crippen LogP contribution in [0.4, 0.5) is 35.3 Å². The lowest BCUT2D eigenvalue weighted by molar-refractivity contribution is -0.909. The van der Waals surface area contributed by atoms with E-state index >= 15 is 0 Å². The van der Waals surface area contributed by atoms with Crippen LogP contribution in [0.15, 0.2) is 121 Å². The number of aryl methyl sites for hydroxylation is 4. The van der Waals surface area contributed by atoms with E-state index in [1.807, 2.05) is 76.2 Å². The maximum absolute atomic E-state index is 11.3. The molecule has 3 aromatic carbocycles. The molecule has 0 radical (unpaired) electrons. The van der Waals surface area contributed by atoms with Crippen LogP contribution in [0.3, 0.4) is 0 Å². The molecule has 4 aliphatic rings. The van der Waals surface area contributed by atoms with Crippen LogP contribution in [0.25, 0.3) is 62.4 Å². The summed E-state index contributed by atoms with van der Waals surface area (Å²) in [5, 5.41) is 80.4. The fraction of sp³-hybridized carbons (Fsp3) is 0.405. The van der Waals surface area contributed by atoms with Crippen molar-refractivity contribution in [1.29, 1.82) is 0 Å². The molecule has 16 rings (SSSR count). The minimum Gasteiger partial charge on any atom is -0.396 e. The Morgan fingerprint density at radius 1 is 0.495 bits per heavy atom. The molecule has 3 aliphatic carbocycles. The zero-order valence-corrected chi connectivity index (χ0v) is 64.1. The molecule has 11 N–H and O–H groups in total. The van der Waals surface area contributed by atoms with Gasteiger partial charge in [0.2, 0.25) is 30.2 Å². The molecule has 24 nitrogen and oxygen atoms in total. The number of para-hydroxylation sites is 3. The average Bonchev–Trinajstić information content (AvgIpc) is 1.40. The Balaban J connectivity index is 0.677. The maximum atomic E-state index is 11.3. The molecule has 107 heavy (non-hydrogen) atoms. The van der Waals surface area contributed by atoms with Gasteiger partial charge < -0.3 is 56.7 Å². The smallest absolute Gasteiger partial charge is 0.253 e. The van der Waals surface area contributed by atoms with Gasteiger partial charge in [-0.05, 0) is 160 Å². The number of hydrogen-bond donors (Lipinski definition) is 11. The van der Waals surface area contributed by atoms with E-state index in [1.165, 1.54) is 10.4 Å². The van der Waals surface area contributed by atoms with E-state index in [9.17, 15) is 25.7 Å². The van der Waals surface area contributed by atoms with E-state index in [0.29, 0.717) is 78.3 Å². The van der Waals surface area contributed by atoms with Crippen molar-refractivity contribution in [2.75, 3.05) is 51.7 Å². The van der Waals surface area contributed by atoms with Gasteiger partial charge in [0.05, 0.1) is 83.1 Å². The van der Waals surface area contributed by atoms with Crippen molar-refractivity contribution in [3.8, 4) is 31.7 Å². The molecule has 1 saturated heterocycles. The Bertz CT molecular complexity index is 5240. The predicted molar refractivity (Wildman–Crippen MR) is 419 cm³/mol. The van der Waals surface area contributed by atoms with Gasteiger partial charge in [-0.25, -0.2) is 29.9 Å². The van der Waals surface area contributed by atoms with E-state index in [-0.39, 0.29) is 86.5 Å². The molecule has 28 heteroatoms. The van der Waals surface area contributed by atoms with Crippen molar-refractivity contribution in [3.05, 3.63) is 171 Å². The number of nitrogens with one attached hydrogen (secondary N) is 6. The van der Waals surface area contributed by atoms with Gasteiger partial charge in [0.1, 0.15) is 51.7 Å². The quantitative estimate of drug-likeness (QED) is 0.0187. The Morgan fingerprint density at radius 2 is 0.981 bits per heavy atom. The third kappa shape index (κ3) is 14.5. The molecule has 10 heterocycles. The summed E-state index contributed by atoms with van der Waals surface area (Å²) in [4.78, 5) is 47.8. The number of thiazole rings is 3. The highest BCUT2D eigenvalue weighted by molar-refractivity contribution is 7.22. The Morgan fingerprint density at radius 3 is 1.53 bits per heavy atom. The molecule has 4 fully saturated rings. The Kier molecular flexibility index (Phi) is 20.2. The summed E-state index contributed by atoms with van der Waals surface area (Å²) in [6, 6.07) is 33.4. The minimum absolute atomic E-state index is 0.0166. The van der Waals surface area contributed by atoms with Crippen LogP contribution in [0, 0.1) is 69.1 Å². The molecule has 9 aromatic heterocycles. The first-order valence-electron chi connectivity index (χ1n) is 36.8. The first-order chi connectivity index (χ1) is 51.8. The Labute approximate surface area is 635 Å². The number of aliphatic hydroxyl groups excluding tert-OH is 3. The monoisotopic (exact) mass is 1520 g/mol. The van der Waals surface area contributed by atoms with E-state index in [1.54, 1.807) is 69.9 Å². The van der Waals surface area contributed by atoms with Crippen LogP contribution in [0.5, 0.6) is 0 Å². The molecule has 3 saturated carbocycles. The van der Waals surface area contributed by atoms with Crippen LogP contribution in [-0.2, 0) is 41.9 Å². The molecular formula is C79H89N17O7S4+2. The van der Waals surface area contributed by atoms with Crippen molar-refractivity contribution in [3.63, 3.8) is 0 Å². The zero-order valence-electron chi connectivity index (χ0n) is 60.9. The molecule has 0 spiro atoms. The van der Waals surface area contributed by atoms with Gasteiger partial charge in [-0.2, -0.15) is 15.0 Å². The first-order valence-corrected chi connectivity index (χ1v) is 40.1. The number of thiophene rings is 1. The Hall–Kier alpha value is -9.23. The number of hydrogen-bond acceptors (Lipinski definition) is 26. The second kappa shape index (κ2) is 30.1. The fourth-order valence-electron chi connectivity index (χ4n) is 16.6. The summed E-state index contributed by atoms with van der Waals surface area (Å²) in [5.74, 6) is 2.63. The number of anilines is 6. The number of aliphatic hydroxyl groups is 3. The van der Waals surface area contributed by atoms with Crippen molar-refractivity contribution >= 4 is 111 Å². The van der Waals surface area contributed by atoms with Crippen LogP contribution in [0.1, 0.15) is 97.0 Å². The summed E-state index contributed by atoms with van der Waals surface area (Å²) in [5.41, 5.74) is 11.7. The number of fused-ring (bicyclic) bond motifs is 4. The van der Waals surface area contributed by atoms with Crippen LogP contribution in [0.2, 0.25) is 0 Å². The van der Waals surface area contributed by atoms with Gasteiger partial charge in [-0.3, -0.25) is 10.4 Å². The summed E-state index contributed by atoms with van der Waals surface area (Å²) in [6.07, 6.45) is 5.23. The number of pyridine rings is 2. The SMILES string of the molecule is Cc1csc(CNc2nc(C)c(-c3nc4ccccc4s3)c(NC3CC(CO)C(Cc4cccc5sc(-c6c(C)nc(NCc7cccc[n+]7O)nc6NC6CC(CO)C7OC(C)(Cc8cccc9sc(-c%10c(C)nc(NCc%11cccc[n+]%11O)nc%10NC%10CC(CO)C(C)C%10C)nc89)OC67)nc45)C3C)n2)c1. The molecular weight excluding hydrogens is 1430 g/mol. The summed E-state index contributed by atoms with van der Waals surface area (Å²) in [7, 11) is 0. The van der Waals surface area contributed by atoms with Gasteiger partial charge in [-0.1, -0.05) is 57.2 Å². The average molecular weight is 1520 g/mol. The normalized spacial score (nSPS) is 24.1. The topological polar surface area (TPSA) is 316 Å². The molecule has 0 bridgehead atoms. The number of rotatable bonds is 25. The van der Waals surface area contributed by atoms with Crippen molar-refractivity contribution in [1.82, 2.24) is 44.9 Å². The number of ether oxygens (including phenoxy) is 2. The maximum Gasteiger partial charge on any atom is 0.253 e. The summed E-state index contributed by atoms with van der Waals surface area (Å²) in [6.45, 7) is 17.9. The van der Waals surface area contributed by atoms with E-state index in [4.69, 9.17) is 54.3 Å². The minimum atomic E-state index is -1.14. The molecule has 13 unspecified atom stereocenters. The highest BCUT2D eigenvalue weighted by Crippen LogP contribution is 2.49. The third-order valence-electron chi connectivity index (χ3n) is 22.5. The number of nitrogens with zero attached hydrogens (tertiary/aromatic N) is 11. The molecule has 0 amide bonds.